The van der Waals surface area contributed by atoms with Crippen LogP contribution in [-0.4, -0.2) is 36.5 Å². The number of sulfonamides is 1. The fourth-order valence-corrected chi connectivity index (χ4v) is 3.70. The van der Waals surface area contributed by atoms with Crippen molar-refractivity contribution in [2.75, 3.05) is 10.6 Å². The van der Waals surface area contributed by atoms with Crippen LogP contribution in [0.5, 0.6) is 0 Å². The largest absolute Gasteiger partial charge is 0.338 e. The number of halogens is 1. The Hall–Kier alpha value is -3.70. The Morgan fingerprint density at radius 3 is 2.44 bits per heavy atom. The summed E-state index contributed by atoms with van der Waals surface area (Å²) in [4.78, 5) is 16.7. The van der Waals surface area contributed by atoms with Gasteiger partial charge < -0.3 is 10.6 Å². The normalized spacial score (nSPS) is 14.5. The number of nitrogens with zero attached hydrogens (tertiary/aromatic N) is 4. The summed E-state index contributed by atoms with van der Waals surface area (Å²) < 4.78 is 37.3. The highest BCUT2D eigenvalue weighted by Gasteiger charge is 2.23. The zero-order chi connectivity index (χ0) is 22.8. The van der Waals surface area contributed by atoms with Gasteiger partial charge in [0.15, 0.2) is 17.3 Å². The molecule has 0 aliphatic carbocycles. The van der Waals surface area contributed by atoms with Gasteiger partial charge in [0.25, 0.3) is 0 Å². The van der Waals surface area contributed by atoms with Gasteiger partial charge in [0, 0.05) is 30.2 Å². The molecule has 0 amide bonds. The van der Waals surface area contributed by atoms with Crippen molar-refractivity contribution in [1.29, 1.82) is 0 Å². The van der Waals surface area contributed by atoms with Crippen molar-refractivity contribution < 1.29 is 12.8 Å². The van der Waals surface area contributed by atoms with Gasteiger partial charge in [-0.2, -0.15) is 4.98 Å². The number of primary sulfonamides is 1. The summed E-state index contributed by atoms with van der Waals surface area (Å²) in [6.45, 7) is 1.95. The van der Waals surface area contributed by atoms with Crippen LogP contribution in [0.1, 0.15) is 12.5 Å². The van der Waals surface area contributed by atoms with E-state index < -0.39 is 21.5 Å². The van der Waals surface area contributed by atoms with E-state index in [9.17, 15) is 12.8 Å². The van der Waals surface area contributed by atoms with E-state index in [1.807, 2.05) is 31.2 Å². The van der Waals surface area contributed by atoms with Crippen LogP contribution in [0.3, 0.4) is 0 Å². The topological polar surface area (TPSA) is 135 Å². The molecule has 0 unspecified atom stereocenters. The van der Waals surface area contributed by atoms with E-state index in [1.54, 1.807) is 18.5 Å². The number of hydrogen-bond donors (Lipinski definition) is 3. The first-order chi connectivity index (χ1) is 15.2. The lowest BCUT2D eigenvalue weighted by atomic mass is 10.0. The number of nitrogens with one attached hydrogen (secondary N) is 2. The zero-order valence-corrected chi connectivity index (χ0v) is 17.8. The van der Waals surface area contributed by atoms with Crippen LogP contribution in [0.4, 0.5) is 27.5 Å². The van der Waals surface area contributed by atoms with E-state index in [-0.39, 0.29) is 16.7 Å². The monoisotopic (exact) mass is 453 g/mol. The minimum absolute atomic E-state index is 0.0326. The lowest BCUT2D eigenvalue weighted by Gasteiger charge is -2.17. The molecule has 3 aromatic rings. The Kier molecular flexibility index (Phi) is 5.68. The predicted octanol–water partition coefficient (Wildman–Crippen LogP) is 3.16. The molecule has 0 radical (unpaired) electrons. The highest BCUT2D eigenvalue weighted by molar-refractivity contribution is 7.89. The maximum Gasteiger partial charge on any atom is 0.238 e. The summed E-state index contributed by atoms with van der Waals surface area (Å²) in [5.74, 6) is -0.586. The quantitative estimate of drug-likeness (QED) is 0.503. The molecule has 0 atom stereocenters. The lowest BCUT2D eigenvalue weighted by Crippen LogP contribution is -2.19. The number of rotatable bonds is 7. The fraction of sp³-hybridized carbons (Fsp3) is 0.143. The molecular formula is C21H20FN7O2S. The van der Waals surface area contributed by atoms with Gasteiger partial charge in [-0.25, -0.2) is 22.9 Å². The Morgan fingerprint density at radius 2 is 1.75 bits per heavy atom. The molecule has 2 heterocycles. The standard InChI is InChI=1S/C21H20FN7O2S/c1-21(25-9-10-26-21)12-14-5-7-15(8-6-14)27-19-18(22)13-24-20(29-19)28-16-3-2-4-17(11-16)32(23,30)31/h2-11,13H,12H2,1H3,(H2,23,30,31)(H2,24,27,28,29). The number of nitrogens with two attached hydrogens (primary N) is 1. The first kappa shape index (κ1) is 21.5. The molecule has 0 spiro atoms. The van der Waals surface area contributed by atoms with Crippen LogP contribution >= 0.6 is 0 Å². The highest BCUT2D eigenvalue weighted by Crippen LogP contribution is 2.24. The second-order valence-electron chi connectivity index (χ2n) is 7.36. The Bertz CT molecular complexity index is 1300. The number of benzene rings is 2. The molecular weight excluding hydrogens is 433 g/mol. The zero-order valence-electron chi connectivity index (χ0n) is 17.0. The number of anilines is 4. The molecule has 1 aromatic heterocycles. The van der Waals surface area contributed by atoms with Crippen molar-refractivity contribution >= 4 is 45.6 Å². The van der Waals surface area contributed by atoms with Crippen LogP contribution in [-0.2, 0) is 16.4 Å². The summed E-state index contributed by atoms with van der Waals surface area (Å²) in [6.07, 6.45) is 5.04. The molecule has 1 aliphatic rings. The molecule has 0 saturated heterocycles. The predicted molar refractivity (Wildman–Crippen MR) is 122 cm³/mol. The second-order valence-corrected chi connectivity index (χ2v) is 8.92. The minimum Gasteiger partial charge on any atom is -0.338 e. The lowest BCUT2D eigenvalue weighted by molar-refractivity contribution is 0.507. The molecule has 0 saturated carbocycles. The van der Waals surface area contributed by atoms with E-state index >= 15 is 0 Å². The first-order valence-corrected chi connectivity index (χ1v) is 11.1. The average molecular weight is 454 g/mol. The van der Waals surface area contributed by atoms with Crippen molar-refractivity contribution in [2.24, 2.45) is 15.1 Å². The average Bonchev–Trinajstić information content (AvgIpc) is 3.17. The summed E-state index contributed by atoms with van der Waals surface area (Å²) in [6, 6.07) is 13.3. The van der Waals surface area contributed by atoms with E-state index in [1.165, 1.54) is 18.2 Å². The van der Waals surface area contributed by atoms with Gasteiger partial charge in [-0.1, -0.05) is 18.2 Å². The number of aliphatic imine (C=N–C) groups is 2. The molecule has 4 N–H and O–H groups in total. The Morgan fingerprint density at radius 1 is 1.03 bits per heavy atom. The van der Waals surface area contributed by atoms with Gasteiger partial charge >= 0.3 is 0 Å². The molecule has 164 valence electrons. The first-order valence-electron chi connectivity index (χ1n) is 9.58. The molecule has 1 aliphatic heterocycles. The van der Waals surface area contributed by atoms with Gasteiger partial charge in [0.1, 0.15) is 0 Å². The van der Waals surface area contributed by atoms with Crippen LogP contribution in [0.15, 0.2) is 69.6 Å². The molecule has 2 aromatic carbocycles. The van der Waals surface area contributed by atoms with Gasteiger partial charge in [-0.3, -0.25) is 9.98 Å². The minimum atomic E-state index is -3.86. The van der Waals surface area contributed by atoms with E-state index in [0.717, 1.165) is 11.8 Å². The van der Waals surface area contributed by atoms with E-state index in [0.29, 0.717) is 17.8 Å². The maximum absolute atomic E-state index is 14.3. The van der Waals surface area contributed by atoms with Crippen LogP contribution in [0, 0.1) is 5.82 Å². The van der Waals surface area contributed by atoms with Gasteiger partial charge in [-0.15, -0.1) is 0 Å². The Labute approximate surface area is 184 Å². The van der Waals surface area contributed by atoms with Crippen molar-refractivity contribution in [1.82, 2.24) is 9.97 Å². The van der Waals surface area contributed by atoms with Crippen molar-refractivity contribution in [3.8, 4) is 0 Å². The third-order valence-corrected chi connectivity index (χ3v) is 5.60. The molecule has 0 fully saturated rings. The summed E-state index contributed by atoms with van der Waals surface area (Å²) in [5, 5.41) is 10.9. The smallest absolute Gasteiger partial charge is 0.238 e. The number of hydrogen-bond acceptors (Lipinski definition) is 8. The van der Waals surface area contributed by atoms with Crippen LogP contribution in [0.2, 0.25) is 0 Å². The second kappa shape index (κ2) is 8.44. The highest BCUT2D eigenvalue weighted by atomic mass is 32.2. The summed E-state index contributed by atoms with van der Waals surface area (Å²) >= 11 is 0. The SMILES string of the molecule is CC1(Cc2ccc(Nc3nc(Nc4cccc(S(N)(=O)=O)c4)ncc3F)cc2)N=CC=N1. The van der Waals surface area contributed by atoms with Crippen LogP contribution in [0.25, 0.3) is 0 Å². The molecule has 9 nitrogen and oxygen atoms in total. The molecule has 4 rings (SSSR count). The van der Waals surface area contributed by atoms with Crippen molar-refractivity contribution in [3.05, 3.63) is 66.1 Å². The van der Waals surface area contributed by atoms with Crippen molar-refractivity contribution in [2.45, 2.75) is 23.9 Å². The molecule has 32 heavy (non-hydrogen) atoms. The van der Waals surface area contributed by atoms with Crippen molar-refractivity contribution in [3.63, 3.8) is 0 Å². The fourth-order valence-electron chi connectivity index (χ4n) is 3.14. The Balaban J connectivity index is 1.48. The third-order valence-electron chi connectivity index (χ3n) is 4.69. The molecule has 11 heteroatoms. The van der Waals surface area contributed by atoms with E-state index in [4.69, 9.17) is 5.14 Å². The van der Waals surface area contributed by atoms with Gasteiger partial charge in [-0.05, 0) is 42.8 Å². The number of aromatic nitrogens is 2. The van der Waals surface area contributed by atoms with Gasteiger partial charge in [0.2, 0.25) is 16.0 Å². The summed E-state index contributed by atoms with van der Waals surface area (Å²) in [5.41, 5.74) is 1.57. The maximum atomic E-state index is 14.3. The van der Waals surface area contributed by atoms with E-state index in [2.05, 4.69) is 30.6 Å². The van der Waals surface area contributed by atoms with Crippen LogP contribution < -0.4 is 15.8 Å². The third kappa shape index (κ3) is 5.13. The molecule has 0 bridgehead atoms. The van der Waals surface area contributed by atoms with Gasteiger partial charge in [0.05, 0.1) is 11.1 Å². The summed E-state index contributed by atoms with van der Waals surface area (Å²) in [7, 11) is -3.86.